The van der Waals surface area contributed by atoms with Gasteiger partial charge in [-0.1, -0.05) is 0 Å². The van der Waals surface area contributed by atoms with Crippen LogP contribution in [0.1, 0.15) is 32.1 Å². The molecule has 2 rings (SSSR count). The van der Waals surface area contributed by atoms with Gasteiger partial charge >= 0.3 is 0 Å². The Hall–Kier alpha value is -0.170. The third kappa shape index (κ3) is 4.41. The number of rotatable bonds is 7. The molecule has 6 heteroatoms. The van der Waals surface area contributed by atoms with Crippen LogP contribution in [0.2, 0.25) is 0 Å². The molecule has 1 aliphatic carbocycles. The van der Waals surface area contributed by atoms with Crippen molar-refractivity contribution in [3.8, 4) is 0 Å². The second kappa shape index (κ2) is 6.08. The molecule has 1 heterocycles. The van der Waals surface area contributed by atoms with E-state index in [2.05, 4.69) is 5.32 Å². The summed E-state index contributed by atoms with van der Waals surface area (Å²) in [6.07, 6.45) is 6.66. The van der Waals surface area contributed by atoms with Gasteiger partial charge in [-0.25, -0.2) is 12.7 Å². The Morgan fingerprint density at radius 1 is 1.42 bits per heavy atom. The van der Waals surface area contributed by atoms with E-state index in [9.17, 15) is 8.42 Å². The molecule has 19 heavy (non-hydrogen) atoms. The highest BCUT2D eigenvalue weighted by Crippen LogP contribution is 2.47. The van der Waals surface area contributed by atoms with E-state index in [-0.39, 0.29) is 6.61 Å². The van der Waals surface area contributed by atoms with Crippen molar-refractivity contribution in [2.75, 3.05) is 39.0 Å². The van der Waals surface area contributed by atoms with E-state index < -0.39 is 10.0 Å². The highest BCUT2D eigenvalue weighted by molar-refractivity contribution is 7.88. The van der Waals surface area contributed by atoms with E-state index >= 15 is 0 Å². The van der Waals surface area contributed by atoms with Crippen LogP contribution in [0.25, 0.3) is 0 Å². The predicted molar refractivity (Wildman–Crippen MR) is 75.4 cm³/mol. The molecule has 0 radical (unpaired) electrons. The Morgan fingerprint density at radius 2 is 2.16 bits per heavy atom. The van der Waals surface area contributed by atoms with E-state index in [1.165, 1.54) is 19.1 Å². The first kappa shape index (κ1) is 15.2. The molecule has 0 amide bonds. The summed E-state index contributed by atoms with van der Waals surface area (Å²) in [4.78, 5) is 0. The van der Waals surface area contributed by atoms with Crippen LogP contribution in [0, 0.1) is 11.3 Å². The number of aliphatic hydroxyl groups excluding tert-OH is 1. The number of nitrogens with zero attached hydrogens (tertiary/aromatic N) is 1. The molecule has 2 N–H and O–H groups in total. The molecule has 0 bridgehead atoms. The van der Waals surface area contributed by atoms with Crippen molar-refractivity contribution in [3.63, 3.8) is 0 Å². The number of piperidine rings is 1. The molecular formula is C13H26N2O3S. The molecule has 1 saturated carbocycles. The molecule has 0 aromatic carbocycles. The number of aliphatic hydroxyl groups is 1. The predicted octanol–water partition coefficient (Wildman–Crippen LogP) is 0.410. The fourth-order valence-electron chi connectivity index (χ4n) is 2.97. The van der Waals surface area contributed by atoms with Crippen molar-refractivity contribution in [1.82, 2.24) is 9.62 Å². The largest absolute Gasteiger partial charge is 0.396 e. The quantitative estimate of drug-likeness (QED) is 0.712. The minimum atomic E-state index is -3.04. The average molecular weight is 290 g/mol. The molecule has 0 aromatic heterocycles. The Kier molecular flexibility index (Phi) is 4.87. The summed E-state index contributed by atoms with van der Waals surface area (Å²) < 4.78 is 24.7. The summed E-state index contributed by atoms with van der Waals surface area (Å²) in [5.41, 5.74) is 0.333. The van der Waals surface area contributed by atoms with Crippen LogP contribution < -0.4 is 5.32 Å². The number of sulfonamides is 1. The van der Waals surface area contributed by atoms with Gasteiger partial charge in [0, 0.05) is 26.2 Å². The normalized spacial score (nSPS) is 27.4. The van der Waals surface area contributed by atoms with E-state index in [1.807, 2.05) is 0 Å². The van der Waals surface area contributed by atoms with Gasteiger partial charge in [0.1, 0.15) is 0 Å². The molecule has 1 atom stereocenters. The van der Waals surface area contributed by atoms with Crippen molar-refractivity contribution in [2.24, 2.45) is 11.3 Å². The minimum Gasteiger partial charge on any atom is -0.396 e. The summed E-state index contributed by atoms with van der Waals surface area (Å²) in [6, 6.07) is 0. The van der Waals surface area contributed by atoms with E-state index in [4.69, 9.17) is 5.11 Å². The molecule has 112 valence electrons. The minimum absolute atomic E-state index is 0.271. The first-order chi connectivity index (χ1) is 8.95. The fourth-order valence-corrected chi connectivity index (χ4v) is 3.91. The van der Waals surface area contributed by atoms with Crippen LogP contribution in [0.3, 0.4) is 0 Å². The van der Waals surface area contributed by atoms with Crippen LogP contribution >= 0.6 is 0 Å². The maximum atomic E-state index is 11.5. The molecule has 2 aliphatic rings. The summed E-state index contributed by atoms with van der Waals surface area (Å²) in [6.45, 7) is 3.44. The zero-order chi connectivity index (χ0) is 13.9. The summed E-state index contributed by atoms with van der Waals surface area (Å²) >= 11 is 0. The number of nitrogens with one attached hydrogen (secondary N) is 1. The van der Waals surface area contributed by atoms with Gasteiger partial charge in [-0.05, 0) is 50.0 Å². The zero-order valence-electron chi connectivity index (χ0n) is 11.8. The lowest BCUT2D eigenvalue weighted by atomic mass is 9.98. The lowest BCUT2D eigenvalue weighted by Gasteiger charge is -2.31. The molecular weight excluding hydrogens is 264 g/mol. The van der Waals surface area contributed by atoms with Crippen molar-refractivity contribution in [1.29, 1.82) is 0 Å². The van der Waals surface area contributed by atoms with E-state index in [0.717, 1.165) is 32.4 Å². The first-order valence-corrected chi connectivity index (χ1v) is 9.07. The molecule has 0 aromatic rings. The number of hydrogen-bond acceptors (Lipinski definition) is 4. The van der Waals surface area contributed by atoms with Gasteiger partial charge < -0.3 is 10.4 Å². The lowest BCUT2D eigenvalue weighted by Crippen LogP contribution is -2.43. The zero-order valence-corrected chi connectivity index (χ0v) is 12.6. The Morgan fingerprint density at radius 3 is 2.74 bits per heavy atom. The van der Waals surface area contributed by atoms with E-state index in [1.54, 1.807) is 4.31 Å². The first-order valence-electron chi connectivity index (χ1n) is 7.22. The fraction of sp³-hybridized carbons (Fsp3) is 1.00. The molecule has 1 unspecified atom stereocenters. The van der Waals surface area contributed by atoms with Crippen LogP contribution in [-0.2, 0) is 10.0 Å². The smallest absolute Gasteiger partial charge is 0.211 e. The molecule has 5 nitrogen and oxygen atoms in total. The second-order valence-corrected chi connectivity index (χ2v) is 8.22. The average Bonchev–Trinajstić information content (AvgIpc) is 3.09. The summed E-state index contributed by atoms with van der Waals surface area (Å²) in [7, 11) is -3.04. The lowest BCUT2D eigenvalue weighted by molar-refractivity contribution is 0.233. The highest BCUT2D eigenvalue weighted by Gasteiger charge is 2.41. The van der Waals surface area contributed by atoms with Crippen molar-refractivity contribution in [3.05, 3.63) is 0 Å². The van der Waals surface area contributed by atoms with Crippen LogP contribution in [0.4, 0.5) is 0 Å². The maximum Gasteiger partial charge on any atom is 0.211 e. The Balaban J connectivity index is 1.71. The maximum absolute atomic E-state index is 11.5. The topological polar surface area (TPSA) is 69.6 Å². The van der Waals surface area contributed by atoms with Gasteiger partial charge in [0.25, 0.3) is 0 Å². The van der Waals surface area contributed by atoms with Crippen molar-refractivity contribution >= 4 is 10.0 Å². The Bertz CT molecular complexity index is 393. The molecule has 1 aliphatic heterocycles. The van der Waals surface area contributed by atoms with Crippen LogP contribution in [0.15, 0.2) is 0 Å². The second-order valence-electron chi connectivity index (χ2n) is 6.23. The van der Waals surface area contributed by atoms with Crippen LogP contribution in [0.5, 0.6) is 0 Å². The van der Waals surface area contributed by atoms with Gasteiger partial charge in [0.15, 0.2) is 0 Å². The molecule has 1 saturated heterocycles. The van der Waals surface area contributed by atoms with Crippen molar-refractivity contribution in [2.45, 2.75) is 32.1 Å². The van der Waals surface area contributed by atoms with Gasteiger partial charge in [0.2, 0.25) is 10.0 Å². The van der Waals surface area contributed by atoms with Gasteiger partial charge in [0.05, 0.1) is 6.26 Å². The SMILES string of the molecule is CS(=O)(=O)N1CCCC(CNCC2(CCO)CC2)C1. The third-order valence-corrected chi connectivity index (χ3v) is 5.75. The summed E-state index contributed by atoms with van der Waals surface area (Å²) in [5.74, 6) is 0.424. The van der Waals surface area contributed by atoms with Crippen molar-refractivity contribution < 1.29 is 13.5 Å². The van der Waals surface area contributed by atoms with E-state index in [0.29, 0.717) is 24.4 Å². The Labute approximate surface area is 116 Å². The standard InChI is InChI=1S/C13H26N2O3S/c1-19(17,18)15-7-2-3-12(10-15)9-14-11-13(4-5-13)6-8-16/h12,14,16H,2-11H2,1H3. The third-order valence-electron chi connectivity index (χ3n) is 4.48. The van der Waals surface area contributed by atoms with Crippen LogP contribution in [-0.4, -0.2) is 56.9 Å². The monoisotopic (exact) mass is 290 g/mol. The highest BCUT2D eigenvalue weighted by atomic mass is 32.2. The number of hydrogen-bond donors (Lipinski definition) is 2. The van der Waals surface area contributed by atoms with Gasteiger partial charge in [-0.2, -0.15) is 0 Å². The molecule has 0 spiro atoms. The van der Waals surface area contributed by atoms with Gasteiger partial charge in [-0.15, -0.1) is 0 Å². The summed E-state index contributed by atoms with van der Waals surface area (Å²) in [5, 5.41) is 12.5. The van der Waals surface area contributed by atoms with Gasteiger partial charge in [-0.3, -0.25) is 0 Å². The molecule has 2 fully saturated rings.